The van der Waals surface area contributed by atoms with Gasteiger partial charge in [0.2, 0.25) is 0 Å². The molecule has 0 amide bonds. The van der Waals surface area contributed by atoms with E-state index in [0.29, 0.717) is 0 Å². The molecule has 1 aromatic heterocycles. The second-order valence-electron chi connectivity index (χ2n) is 5.94. The number of aryl methyl sites for hydroxylation is 1. The van der Waals surface area contributed by atoms with Crippen molar-refractivity contribution in [2.24, 2.45) is 7.05 Å². The Hall–Kier alpha value is -0.460. The molecule has 1 aliphatic rings. The van der Waals surface area contributed by atoms with Gasteiger partial charge in [0.25, 0.3) is 0 Å². The van der Waals surface area contributed by atoms with E-state index in [-0.39, 0.29) is 11.6 Å². The summed E-state index contributed by atoms with van der Waals surface area (Å²) < 4.78 is 2.76. The Labute approximate surface area is 130 Å². The summed E-state index contributed by atoms with van der Waals surface area (Å²) in [7, 11) is 6.38. The van der Waals surface area contributed by atoms with E-state index >= 15 is 0 Å². The summed E-state index contributed by atoms with van der Waals surface area (Å²) >= 11 is 3.57. The molecule has 0 bridgehead atoms. The second-order valence-corrected chi connectivity index (χ2v) is 6.69. The van der Waals surface area contributed by atoms with Crippen molar-refractivity contribution in [2.45, 2.75) is 50.6 Å². The fourth-order valence-corrected chi connectivity index (χ4v) is 4.11. The highest BCUT2D eigenvalue weighted by molar-refractivity contribution is 9.10. The van der Waals surface area contributed by atoms with Crippen LogP contribution < -0.4 is 5.32 Å². The Kier molecular flexibility index (Phi) is 5.20. The van der Waals surface area contributed by atoms with Gasteiger partial charge >= 0.3 is 0 Å². The van der Waals surface area contributed by atoms with E-state index in [0.717, 1.165) is 16.8 Å². The topological polar surface area (TPSA) is 46.0 Å². The standard InChI is InChI=1S/C14H26BrN5/c1-5-16-12(11-13(15)17-18-20(11)4)14(19(2)3)9-7-6-8-10-14/h12,16H,5-10H2,1-4H3. The zero-order valence-corrected chi connectivity index (χ0v) is 14.6. The Morgan fingerprint density at radius 3 is 2.45 bits per heavy atom. The first-order valence-electron chi connectivity index (χ1n) is 7.49. The van der Waals surface area contributed by atoms with Crippen LogP contribution in [0.3, 0.4) is 0 Å². The van der Waals surface area contributed by atoms with E-state index < -0.39 is 0 Å². The molecule has 0 saturated heterocycles. The van der Waals surface area contributed by atoms with Crippen LogP contribution in [0.5, 0.6) is 0 Å². The Balaban J connectivity index is 2.44. The van der Waals surface area contributed by atoms with Crippen molar-refractivity contribution >= 4 is 15.9 Å². The van der Waals surface area contributed by atoms with Crippen molar-refractivity contribution in [3.05, 3.63) is 10.3 Å². The summed E-state index contributed by atoms with van der Waals surface area (Å²) in [5.41, 5.74) is 1.30. The van der Waals surface area contributed by atoms with Crippen LogP contribution >= 0.6 is 15.9 Å². The number of halogens is 1. The lowest BCUT2D eigenvalue weighted by Gasteiger charge is -2.48. The molecule has 1 unspecified atom stereocenters. The number of nitrogens with zero attached hydrogens (tertiary/aromatic N) is 4. The van der Waals surface area contributed by atoms with Crippen molar-refractivity contribution in [3.63, 3.8) is 0 Å². The third-order valence-corrected chi connectivity index (χ3v) is 5.22. The number of aromatic nitrogens is 3. The van der Waals surface area contributed by atoms with Gasteiger partial charge in [-0.05, 0) is 49.4 Å². The molecule has 5 nitrogen and oxygen atoms in total. The SMILES string of the molecule is CCNC(c1c(Br)nnn1C)C1(N(C)C)CCCCC1. The average molecular weight is 344 g/mol. The molecular weight excluding hydrogens is 318 g/mol. The van der Waals surface area contributed by atoms with Crippen LogP contribution in [0, 0.1) is 0 Å². The van der Waals surface area contributed by atoms with E-state index in [2.05, 4.69) is 57.5 Å². The van der Waals surface area contributed by atoms with Gasteiger partial charge in [0, 0.05) is 12.6 Å². The van der Waals surface area contributed by atoms with Gasteiger partial charge in [-0.15, -0.1) is 5.10 Å². The first kappa shape index (κ1) is 15.9. The summed E-state index contributed by atoms with van der Waals surface area (Å²) in [6, 6.07) is 0.247. The normalized spacial score (nSPS) is 20.3. The third-order valence-electron chi connectivity index (χ3n) is 4.66. The molecule has 0 aliphatic heterocycles. The predicted octanol–water partition coefficient (Wildman–Crippen LogP) is 2.49. The molecule has 1 N–H and O–H groups in total. The van der Waals surface area contributed by atoms with Crippen molar-refractivity contribution in [1.29, 1.82) is 0 Å². The molecule has 0 radical (unpaired) electrons. The van der Waals surface area contributed by atoms with Gasteiger partial charge in [-0.2, -0.15) is 0 Å². The molecule has 20 heavy (non-hydrogen) atoms. The predicted molar refractivity (Wildman–Crippen MR) is 84.6 cm³/mol. The van der Waals surface area contributed by atoms with Crippen LogP contribution in [0.4, 0.5) is 0 Å². The second kappa shape index (κ2) is 6.54. The van der Waals surface area contributed by atoms with Gasteiger partial charge in [-0.3, -0.25) is 0 Å². The summed E-state index contributed by atoms with van der Waals surface area (Å²) in [6.07, 6.45) is 6.37. The van der Waals surface area contributed by atoms with E-state index in [1.807, 2.05) is 11.7 Å². The molecule has 1 aromatic rings. The molecular formula is C14H26BrN5. The average Bonchev–Trinajstić information content (AvgIpc) is 2.76. The van der Waals surface area contributed by atoms with Crippen LogP contribution in [0.1, 0.15) is 50.8 Å². The lowest BCUT2D eigenvalue weighted by Crippen LogP contribution is -2.55. The molecule has 0 aromatic carbocycles. The largest absolute Gasteiger partial charge is 0.307 e. The number of nitrogens with one attached hydrogen (secondary N) is 1. The maximum atomic E-state index is 4.18. The van der Waals surface area contributed by atoms with Crippen LogP contribution in [0.15, 0.2) is 4.60 Å². The molecule has 2 rings (SSSR count). The molecule has 114 valence electrons. The quantitative estimate of drug-likeness (QED) is 0.892. The van der Waals surface area contributed by atoms with E-state index in [1.165, 1.54) is 32.1 Å². The summed E-state index contributed by atoms with van der Waals surface area (Å²) in [4.78, 5) is 2.40. The zero-order chi connectivity index (χ0) is 14.8. The summed E-state index contributed by atoms with van der Waals surface area (Å²) in [5, 5.41) is 12.0. The highest BCUT2D eigenvalue weighted by Gasteiger charge is 2.44. The fraction of sp³-hybridized carbons (Fsp3) is 0.857. The third kappa shape index (κ3) is 2.78. The van der Waals surface area contributed by atoms with Gasteiger partial charge in [-0.1, -0.05) is 31.4 Å². The van der Waals surface area contributed by atoms with Gasteiger partial charge in [0.15, 0.2) is 4.60 Å². The molecule has 1 saturated carbocycles. The van der Waals surface area contributed by atoms with Gasteiger partial charge in [0.1, 0.15) is 0 Å². The van der Waals surface area contributed by atoms with Crippen molar-refractivity contribution in [2.75, 3.05) is 20.6 Å². The Morgan fingerprint density at radius 2 is 2.00 bits per heavy atom. The number of hydrogen-bond acceptors (Lipinski definition) is 4. The minimum Gasteiger partial charge on any atom is -0.307 e. The lowest BCUT2D eigenvalue weighted by atomic mass is 9.74. The van der Waals surface area contributed by atoms with E-state index in [9.17, 15) is 0 Å². The number of rotatable bonds is 5. The highest BCUT2D eigenvalue weighted by atomic mass is 79.9. The number of hydrogen-bond donors (Lipinski definition) is 1. The monoisotopic (exact) mass is 343 g/mol. The molecule has 1 heterocycles. The molecule has 6 heteroatoms. The van der Waals surface area contributed by atoms with Crippen LogP contribution in [0.2, 0.25) is 0 Å². The number of likely N-dealkylation sites (N-methyl/N-ethyl adjacent to an activating group) is 2. The summed E-state index contributed by atoms with van der Waals surface area (Å²) in [5.74, 6) is 0. The first-order chi connectivity index (χ1) is 9.53. The smallest absolute Gasteiger partial charge is 0.153 e. The van der Waals surface area contributed by atoms with Crippen LogP contribution in [-0.4, -0.2) is 46.1 Å². The van der Waals surface area contributed by atoms with E-state index in [4.69, 9.17) is 0 Å². The Morgan fingerprint density at radius 1 is 1.35 bits per heavy atom. The minimum atomic E-state index is 0.145. The first-order valence-corrected chi connectivity index (χ1v) is 8.28. The van der Waals surface area contributed by atoms with Crippen molar-refractivity contribution in [3.8, 4) is 0 Å². The van der Waals surface area contributed by atoms with Gasteiger partial charge in [-0.25, -0.2) is 4.68 Å². The molecule has 1 aliphatic carbocycles. The maximum absolute atomic E-state index is 4.18. The van der Waals surface area contributed by atoms with Gasteiger partial charge in [0.05, 0.1) is 11.7 Å². The fourth-order valence-electron chi connectivity index (χ4n) is 3.55. The van der Waals surface area contributed by atoms with Gasteiger partial charge < -0.3 is 10.2 Å². The maximum Gasteiger partial charge on any atom is 0.153 e. The highest BCUT2D eigenvalue weighted by Crippen LogP contribution is 2.43. The van der Waals surface area contributed by atoms with E-state index in [1.54, 1.807) is 0 Å². The minimum absolute atomic E-state index is 0.145. The van der Waals surface area contributed by atoms with Crippen molar-refractivity contribution in [1.82, 2.24) is 25.2 Å². The molecule has 0 spiro atoms. The molecule has 1 atom stereocenters. The summed E-state index contributed by atoms with van der Waals surface area (Å²) in [6.45, 7) is 3.11. The van der Waals surface area contributed by atoms with Crippen LogP contribution in [0.25, 0.3) is 0 Å². The Bertz CT molecular complexity index is 417. The lowest BCUT2D eigenvalue weighted by molar-refractivity contribution is 0.0537. The molecule has 1 fully saturated rings. The van der Waals surface area contributed by atoms with Crippen molar-refractivity contribution < 1.29 is 0 Å². The van der Waals surface area contributed by atoms with Crippen LogP contribution in [-0.2, 0) is 7.05 Å². The zero-order valence-electron chi connectivity index (χ0n) is 13.0.